The minimum absolute atomic E-state index is 0.0472. The van der Waals surface area contributed by atoms with Gasteiger partial charge in [-0.05, 0) is 26.2 Å². The summed E-state index contributed by atoms with van der Waals surface area (Å²) in [7, 11) is 0. The van der Waals surface area contributed by atoms with E-state index in [1.54, 1.807) is 13.8 Å². The standard InChI is InChI=1S/C10H16O4/c1-3-8(9(11)13-4-2)10(12)14-7-5-6-7/h7-8H,3-6H2,1-2H3. The molecule has 0 spiro atoms. The molecule has 0 N–H and O–H groups in total. The van der Waals surface area contributed by atoms with E-state index in [-0.39, 0.29) is 6.10 Å². The van der Waals surface area contributed by atoms with E-state index in [1.165, 1.54) is 0 Å². The smallest absolute Gasteiger partial charge is 0.320 e. The monoisotopic (exact) mass is 200 g/mol. The molecule has 0 aromatic carbocycles. The van der Waals surface area contributed by atoms with Crippen molar-refractivity contribution in [1.82, 2.24) is 0 Å². The summed E-state index contributed by atoms with van der Waals surface area (Å²) in [6.45, 7) is 3.79. The zero-order chi connectivity index (χ0) is 10.6. The highest BCUT2D eigenvalue weighted by molar-refractivity contribution is 5.94. The highest BCUT2D eigenvalue weighted by atomic mass is 16.6. The number of ether oxygens (including phenoxy) is 2. The Kier molecular flexibility index (Phi) is 3.92. The lowest BCUT2D eigenvalue weighted by Crippen LogP contribution is -2.27. The highest BCUT2D eigenvalue weighted by Gasteiger charge is 2.33. The van der Waals surface area contributed by atoms with Crippen molar-refractivity contribution in [3.8, 4) is 0 Å². The van der Waals surface area contributed by atoms with Crippen LogP contribution in [0.25, 0.3) is 0 Å². The summed E-state index contributed by atoms with van der Waals surface area (Å²) < 4.78 is 9.82. The normalized spacial score (nSPS) is 17.3. The number of esters is 2. The molecule has 1 aliphatic carbocycles. The minimum atomic E-state index is -0.740. The first-order valence-corrected chi connectivity index (χ1v) is 5.06. The topological polar surface area (TPSA) is 52.6 Å². The van der Waals surface area contributed by atoms with Crippen LogP contribution in [-0.4, -0.2) is 24.6 Å². The quantitative estimate of drug-likeness (QED) is 0.495. The number of carbonyl (C=O) groups is 2. The minimum Gasteiger partial charge on any atom is -0.465 e. The largest absolute Gasteiger partial charge is 0.465 e. The Morgan fingerprint density at radius 3 is 2.36 bits per heavy atom. The number of carbonyl (C=O) groups excluding carboxylic acids is 2. The van der Waals surface area contributed by atoms with Gasteiger partial charge in [-0.2, -0.15) is 0 Å². The first kappa shape index (κ1) is 11.0. The summed E-state index contributed by atoms with van der Waals surface area (Å²) in [5.41, 5.74) is 0. The summed E-state index contributed by atoms with van der Waals surface area (Å²) in [5, 5.41) is 0. The van der Waals surface area contributed by atoms with Crippen molar-refractivity contribution in [1.29, 1.82) is 0 Å². The first-order valence-electron chi connectivity index (χ1n) is 5.06. The van der Waals surface area contributed by atoms with Gasteiger partial charge < -0.3 is 9.47 Å². The van der Waals surface area contributed by atoms with Crippen molar-refractivity contribution in [2.24, 2.45) is 5.92 Å². The van der Waals surface area contributed by atoms with Gasteiger partial charge in [-0.25, -0.2) is 0 Å². The molecule has 1 unspecified atom stereocenters. The van der Waals surface area contributed by atoms with Gasteiger partial charge in [0.1, 0.15) is 6.10 Å². The molecule has 0 aromatic heterocycles. The van der Waals surface area contributed by atoms with Gasteiger partial charge in [-0.15, -0.1) is 0 Å². The van der Waals surface area contributed by atoms with E-state index in [2.05, 4.69) is 0 Å². The average Bonchev–Trinajstić information content (AvgIpc) is 2.90. The molecule has 1 saturated carbocycles. The molecule has 1 fully saturated rings. The molecule has 1 aliphatic rings. The van der Waals surface area contributed by atoms with E-state index in [9.17, 15) is 9.59 Å². The van der Waals surface area contributed by atoms with Crippen molar-refractivity contribution >= 4 is 11.9 Å². The van der Waals surface area contributed by atoms with Crippen molar-refractivity contribution in [2.75, 3.05) is 6.61 Å². The van der Waals surface area contributed by atoms with Crippen LogP contribution in [-0.2, 0) is 19.1 Å². The Morgan fingerprint density at radius 1 is 1.29 bits per heavy atom. The van der Waals surface area contributed by atoms with E-state index in [4.69, 9.17) is 9.47 Å². The summed E-state index contributed by atoms with van der Waals surface area (Å²) in [6.07, 6.45) is 2.33. The van der Waals surface area contributed by atoms with Crippen LogP contribution in [0.2, 0.25) is 0 Å². The van der Waals surface area contributed by atoms with Crippen molar-refractivity contribution < 1.29 is 19.1 Å². The lowest BCUT2D eigenvalue weighted by atomic mass is 10.1. The third-order valence-corrected chi connectivity index (χ3v) is 2.07. The van der Waals surface area contributed by atoms with Crippen LogP contribution >= 0.6 is 0 Å². The summed E-state index contributed by atoms with van der Waals surface area (Å²) in [4.78, 5) is 22.7. The van der Waals surface area contributed by atoms with Gasteiger partial charge >= 0.3 is 11.9 Å². The molecular formula is C10H16O4. The fourth-order valence-corrected chi connectivity index (χ4v) is 1.10. The Bertz CT molecular complexity index is 220. The van der Waals surface area contributed by atoms with Gasteiger partial charge in [-0.1, -0.05) is 6.92 Å². The molecule has 0 saturated heterocycles. The van der Waals surface area contributed by atoms with Crippen LogP contribution in [0.5, 0.6) is 0 Å². The van der Waals surface area contributed by atoms with Crippen LogP contribution < -0.4 is 0 Å². The van der Waals surface area contributed by atoms with Crippen molar-refractivity contribution in [3.05, 3.63) is 0 Å². The lowest BCUT2D eigenvalue weighted by molar-refractivity contribution is -0.162. The Labute approximate surface area is 83.6 Å². The summed E-state index contributed by atoms with van der Waals surface area (Å²) in [5.74, 6) is -1.65. The fourth-order valence-electron chi connectivity index (χ4n) is 1.10. The van der Waals surface area contributed by atoms with Crippen LogP contribution in [0.3, 0.4) is 0 Å². The van der Waals surface area contributed by atoms with Crippen LogP contribution in [0.15, 0.2) is 0 Å². The number of hydrogen-bond donors (Lipinski definition) is 0. The zero-order valence-corrected chi connectivity index (χ0v) is 8.62. The van der Waals surface area contributed by atoms with Gasteiger partial charge in [0.05, 0.1) is 6.61 Å². The third kappa shape index (κ3) is 3.01. The molecule has 0 amide bonds. The van der Waals surface area contributed by atoms with Gasteiger partial charge in [-0.3, -0.25) is 9.59 Å². The summed E-state index contributed by atoms with van der Waals surface area (Å²) >= 11 is 0. The fraction of sp³-hybridized carbons (Fsp3) is 0.800. The molecule has 0 aliphatic heterocycles. The average molecular weight is 200 g/mol. The number of rotatable bonds is 5. The molecule has 14 heavy (non-hydrogen) atoms. The van der Waals surface area contributed by atoms with Crippen LogP contribution in [0.1, 0.15) is 33.1 Å². The second-order valence-electron chi connectivity index (χ2n) is 3.35. The molecule has 4 nitrogen and oxygen atoms in total. The van der Waals surface area contributed by atoms with Crippen molar-refractivity contribution in [3.63, 3.8) is 0 Å². The molecule has 0 radical (unpaired) electrons. The van der Waals surface area contributed by atoms with Gasteiger partial charge in [0, 0.05) is 0 Å². The highest BCUT2D eigenvalue weighted by Crippen LogP contribution is 2.25. The summed E-state index contributed by atoms with van der Waals surface area (Å²) in [6, 6.07) is 0. The molecule has 80 valence electrons. The van der Waals surface area contributed by atoms with Gasteiger partial charge in [0.15, 0.2) is 5.92 Å². The van der Waals surface area contributed by atoms with E-state index in [1.807, 2.05) is 0 Å². The molecular weight excluding hydrogens is 184 g/mol. The maximum absolute atomic E-state index is 11.4. The third-order valence-electron chi connectivity index (χ3n) is 2.07. The molecule has 0 aromatic rings. The second-order valence-corrected chi connectivity index (χ2v) is 3.35. The second kappa shape index (κ2) is 4.98. The Morgan fingerprint density at radius 2 is 1.93 bits per heavy atom. The molecule has 1 rings (SSSR count). The van der Waals surface area contributed by atoms with Crippen LogP contribution in [0.4, 0.5) is 0 Å². The Hall–Kier alpha value is -1.06. The van der Waals surface area contributed by atoms with E-state index < -0.39 is 17.9 Å². The molecule has 4 heteroatoms. The van der Waals surface area contributed by atoms with Crippen molar-refractivity contribution in [2.45, 2.75) is 39.2 Å². The molecule has 0 heterocycles. The first-order chi connectivity index (χ1) is 6.69. The maximum Gasteiger partial charge on any atom is 0.320 e. The predicted octanol–water partition coefficient (Wildman–Crippen LogP) is 1.28. The van der Waals surface area contributed by atoms with Crippen LogP contribution in [0, 0.1) is 5.92 Å². The van der Waals surface area contributed by atoms with Gasteiger partial charge in [0.2, 0.25) is 0 Å². The Balaban J connectivity index is 2.41. The van der Waals surface area contributed by atoms with Gasteiger partial charge in [0.25, 0.3) is 0 Å². The van der Waals surface area contributed by atoms with E-state index in [0.717, 1.165) is 12.8 Å². The lowest BCUT2D eigenvalue weighted by Gasteiger charge is -2.12. The maximum atomic E-state index is 11.4. The molecule has 0 bridgehead atoms. The van der Waals surface area contributed by atoms with E-state index >= 15 is 0 Å². The zero-order valence-electron chi connectivity index (χ0n) is 8.62. The van der Waals surface area contributed by atoms with E-state index in [0.29, 0.717) is 13.0 Å². The molecule has 1 atom stereocenters. The SMILES string of the molecule is CCOC(=O)C(CC)C(=O)OC1CC1. The number of hydrogen-bond acceptors (Lipinski definition) is 4. The predicted molar refractivity (Wildman–Crippen MR) is 49.5 cm³/mol.